The molecule has 3 rings (SSSR count). The minimum atomic E-state index is -7.29. The number of quaternary nitrogens is 1. The molecular weight excluding hydrogens is 1220 g/mol. The Kier molecular flexibility index (Phi) is 26.3. The minimum Gasteiger partial charge on any atom is -0.396 e. The Morgan fingerprint density at radius 2 is 0.566 bits per heavy atom. The van der Waals surface area contributed by atoms with Crippen LogP contribution >= 0.6 is 0 Å². The molecule has 2 bridgehead atoms. The molecule has 0 aliphatic carbocycles. The number of rotatable bonds is 41. The highest BCUT2D eigenvalue weighted by Crippen LogP contribution is 2.57. The van der Waals surface area contributed by atoms with Crippen LogP contribution in [-0.4, -0.2) is 231 Å². The molecule has 3 saturated heterocycles. The number of aliphatic hydroxyl groups excluding tert-OH is 1. The molecule has 0 amide bonds. The normalized spacial score (nSPS) is 21.1. The summed E-state index contributed by atoms with van der Waals surface area (Å²) in [6.45, 7) is -3.75. The third-order valence-electron chi connectivity index (χ3n) is 13.7. The number of piperazine rings is 3. The van der Waals surface area contributed by atoms with E-state index in [4.69, 9.17) is 38.3 Å². The number of ether oxygens (including phenoxy) is 7. The van der Waals surface area contributed by atoms with Gasteiger partial charge >= 0.3 is 71.8 Å². The fraction of sp³-hybridized carbons (Fsp3) is 1.00. The summed E-state index contributed by atoms with van der Waals surface area (Å²) < 4.78 is 404. The molecule has 3 heterocycles. The predicted molar refractivity (Wildman–Crippen MR) is 234 cm³/mol. The van der Waals surface area contributed by atoms with Crippen LogP contribution < -0.4 is 0 Å². The van der Waals surface area contributed by atoms with Gasteiger partial charge < -0.3 is 42.7 Å². The van der Waals surface area contributed by atoms with Crippen molar-refractivity contribution in [2.75, 3.05) is 145 Å². The molecule has 3 fully saturated rings. The lowest BCUT2D eigenvalue weighted by atomic mass is 9.91. The van der Waals surface area contributed by atoms with Crippen molar-refractivity contribution < 1.29 is 161 Å². The molecule has 1 N–H and O–H groups in total. The second kappa shape index (κ2) is 28.5. The third kappa shape index (κ3) is 19.4. The molecule has 10 nitrogen and oxygen atoms in total. The number of halogens is 27. The summed E-state index contributed by atoms with van der Waals surface area (Å²) >= 11 is 0. The standard InChI is InChI=1S/C46H66F27N2O8/c1-32(23-77-18-5-4-17-76,25-79-20-7-35(47,48)38(53,54)41(59,60)44(65,66)67)28-82-30-34(3,27-81-22-9-37(51,52)40(57,58)43(63,64)46(71,72)73)31-83-29-33(2,24-78-19-6-13-75-14-10-74(11-15-75)12-16-75)26-80-21-8-36(49,50)39(55,56)42(61,62)45(68,69)70/h76H,4-31H2,1-3H3/q+1. The monoisotopic (exact) mass is 1290 g/mol. The number of alkyl halides is 27. The fourth-order valence-corrected chi connectivity index (χ4v) is 8.24. The number of hydrogen-bond donors (Lipinski definition) is 1. The Labute approximate surface area is 458 Å². The van der Waals surface area contributed by atoms with Gasteiger partial charge in [0.2, 0.25) is 0 Å². The summed E-state index contributed by atoms with van der Waals surface area (Å²) in [7, 11) is 0. The summed E-state index contributed by atoms with van der Waals surface area (Å²) in [5, 5.41) is 9.06. The maximum atomic E-state index is 14.4. The molecule has 3 aliphatic rings. The third-order valence-corrected chi connectivity index (χ3v) is 13.7. The topological polar surface area (TPSA) is 88.1 Å². The summed E-state index contributed by atoms with van der Waals surface area (Å²) in [5.74, 6) is -61.1. The van der Waals surface area contributed by atoms with E-state index in [0.29, 0.717) is 13.0 Å². The lowest BCUT2D eigenvalue weighted by Crippen LogP contribution is -2.67. The van der Waals surface area contributed by atoms with Crippen molar-refractivity contribution in [1.29, 1.82) is 0 Å². The van der Waals surface area contributed by atoms with Gasteiger partial charge in [-0.25, -0.2) is 0 Å². The van der Waals surface area contributed by atoms with Crippen LogP contribution in [0.4, 0.5) is 119 Å². The van der Waals surface area contributed by atoms with Crippen LogP contribution in [0.5, 0.6) is 0 Å². The SMILES string of the molecule is CC(COCCCCO)(COCCC(F)(F)C(F)(F)C(F)(F)C(F)(F)F)COCC(C)(COCCC(F)(F)C(F)(F)C(F)(F)C(F)(F)F)COCC(C)(COCCC[N+]12CCN(CC1)CC2)COCCC(F)(F)C(F)(F)C(F)(F)C(F)(F)F. The average Bonchev–Trinajstić information content (AvgIpc) is 3.35. The largest absolute Gasteiger partial charge is 0.460 e. The first-order valence-corrected chi connectivity index (χ1v) is 25.2. The summed E-state index contributed by atoms with van der Waals surface area (Å²) in [4.78, 5) is 2.25. The van der Waals surface area contributed by atoms with Crippen LogP contribution in [-0.2, 0) is 33.2 Å². The first-order valence-electron chi connectivity index (χ1n) is 25.2. The first kappa shape index (κ1) is 76.8. The van der Waals surface area contributed by atoms with Crippen LogP contribution in [0.25, 0.3) is 0 Å². The van der Waals surface area contributed by atoms with Crippen molar-refractivity contribution in [3.8, 4) is 0 Å². The van der Waals surface area contributed by atoms with Crippen molar-refractivity contribution in [2.24, 2.45) is 16.2 Å². The van der Waals surface area contributed by atoms with Crippen LogP contribution in [0.2, 0.25) is 0 Å². The Hall–Kier alpha value is -2.29. The number of hydrogen-bond acceptors (Lipinski definition) is 9. The quantitative estimate of drug-likeness (QED) is 0.0365. The molecule has 3 atom stereocenters. The Balaban J connectivity index is 2.42. The van der Waals surface area contributed by atoms with Gasteiger partial charge in [0.15, 0.2) is 0 Å². The second-order valence-electron chi connectivity index (χ2n) is 21.8. The fourth-order valence-electron chi connectivity index (χ4n) is 8.24. The molecule has 0 spiro atoms. The van der Waals surface area contributed by atoms with Crippen LogP contribution in [0.1, 0.15) is 59.3 Å². The van der Waals surface area contributed by atoms with Gasteiger partial charge in [0.25, 0.3) is 0 Å². The van der Waals surface area contributed by atoms with E-state index in [2.05, 4.69) is 4.90 Å². The van der Waals surface area contributed by atoms with Crippen LogP contribution in [0, 0.1) is 16.2 Å². The van der Waals surface area contributed by atoms with Gasteiger partial charge in [0, 0.05) is 74.8 Å². The number of nitrogens with zero attached hydrogens (tertiary/aromatic N) is 2. The second-order valence-corrected chi connectivity index (χ2v) is 21.8. The van der Waals surface area contributed by atoms with E-state index in [1.54, 1.807) is 0 Å². The highest BCUT2D eigenvalue weighted by molar-refractivity contribution is 5.02. The van der Waals surface area contributed by atoms with Gasteiger partial charge in [-0.15, -0.1) is 0 Å². The van der Waals surface area contributed by atoms with Crippen molar-refractivity contribution >= 4 is 0 Å². The first-order chi connectivity index (χ1) is 37.3. The molecule has 37 heteroatoms. The van der Waals surface area contributed by atoms with Gasteiger partial charge in [-0.2, -0.15) is 119 Å². The van der Waals surface area contributed by atoms with Gasteiger partial charge in [-0.05, 0) is 12.8 Å². The highest BCUT2D eigenvalue weighted by atomic mass is 19.4. The molecule has 0 aromatic heterocycles. The van der Waals surface area contributed by atoms with Crippen LogP contribution in [0.3, 0.4) is 0 Å². The molecule has 0 saturated carbocycles. The van der Waals surface area contributed by atoms with E-state index >= 15 is 0 Å². The van der Waals surface area contributed by atoms with Gasteiger partial charge in [0.1, 0.15) is 0 Å². The number of unbranched alkanes of at least 4 members (excludes halogenated alkanes) is 1. The molecule has 0 aromatic carbocycles. The summed E-state index contributed by atoms with van der Waals surface area (Å²) in [6.07, 6.45) is -28.1. The zero-order valence-electron chi connectivity index (χ0n) is 44.7. The van der Waals surface area contributed by atoms with Gasteiger partial charge in [0.05, 0.1) is 112 Å². The molecule has 0 aromatic rings. The summed E-state index contributed by atoms with van der Waals surface area (Å²) in [5.41, 5.74) is -5.26. The van der Waals surface area contributed by atoms with E-state index in [1.807, 2.05) is 0 Å². The van der Waals surface area contributed by atoms with E-state index in [0.717, 1.165) is 57.6 Å². The summed E-state index contributed by atoms with van der Waals surface area (Å²) in [6, 6.07) is 0. The maximum absolute atomic E-state index is 14.4. The highest BCUT2D eigenvalue weighted by Gasteiger charge is 2.83. The lowest BCUT2D eigenvalue weighted by Gasteiger charge is -2.50. The molecule has 3 aliphatic heterocycles. The molecular formula is C46H66F27N2O8+. The predicted octanol–water partition coefficient (Wildman–Crippen LogP) is 12.0. The van der Waals surface area contributed by atoms with Gasteiger partial charge in [-0.3, -0.25) is 4.90 Å². The van der Waals surface area contributed by atoms with Crippen molar-refractivity contribution in [3.63, 3.8) is 0 Å². The van der Waals surface area contributed by atoms with E-state index in [9.17, 15) is 119 Å². The van der Waals surface area contributed by atoms with E-state index in [1.165, 1.54) is 6.92 Å². The Bertz CT molecular complexity index is 1930. The number of fused-ring (bicyclic) bond motifs is 3. The Morgan fingerprint density at radius 3 is 0.819 bits per heavy atom. The lowest BCUT2D eigenvalue weighted by molar-refractivity contribution is -0.941. The van der Waals surface area contributed by atoms with E-state index in [-0.39, 0.29) is 32.7 Å². The molecule has 496 valence electrons. The van der Waals surface area contributed by atoms with E-state index < -0.39 is 187 Å². The van der Waals surface area contributed by atoms with Crippen LogP contribution in [0.15, 0.2) is 0 Å². The van der Waals surface area contributed by atoms with Crippen molar-refractivity contribution in [1.82, 2.24) is 4.90 Å². The minimum absolute atomic E-state index is 0.0232. The zero-order valence-corrected chi connectivity index (χ0v) is 44.7. The molecule has 83 heavy (non-hydrogen) atoms. The smallest absolute Gasteiger partial charge is 0.396 e. The molecule has 0 radical (unpaired) electrons. The Morgan fingerprint density at radius 1 is 0.325 bits per heavy atom. The van der Waals surface area contributed by atoms with Crippen molar-refractivity contribution in [2.45, 2.75) is 131 Å². The molecule has 3 unspecified atom stereocenters. The zero-order chi connectivity index (χ0) is 64.3. The van der Waals surface area contributed by atoms with Gasteiger partial charge in [-0.1, -0.05) is 20.8 Å². The van der Waals surface area contributed by atoms with Crippen molar-refractivity contribution in [3.05, 3.63) is 0 Å². The average molecular weight is 1290 g/mol. The maximum Gasteiger partial charge on any atom is 0.460 e. The number of aliphatic hydroxyl groups is 1.